The van der Waals surface area contributed by atoms with Crippen LogP contribution in [0.5, 0.6) is 0 Å². The molecule has 0 saturated carbocycles. The Morgan fingerprint density at radius 3 is 1.05 bits per heavy atom. The van der Waals surface area contributed by atoms with Gasteiger partial charge in [0.15, 0.2) is 0 Å². The summed E-state index contributed by atoms with van der Waals surface area (Å²) < 4.78 is 0. The maximum absolute atomic E-state index is 5.01. The predicted molar refractivity (Wildman–Crippen MR) is 279 cm³/mol. The Bertz CT molecular complexity index is 3930. The van der Waals surface area contributed by atoms with Crippen molar-refractivity contribution in [3.8, 4) is 77.9 Å². The highest BCUT2D eigenvalue weighted by molar-refractivity contribution is 6.26. The smallest absolute Gasteiger partial charge is 0.0786 e. The van der Waals surface area contributed by atoms with Crippen LogP contribution in [-0.4, -0.2) is 9.97 Å². The Labute approximate surface area is 381 Å². The van der Waals surface area contributed by atoms with E-state index in [4.69, 9.17) is 9.97 Å². The fraction of sp³-hybridized carbons (Fsp3) is 0. The minimum atomic E-state index is 1.02. The molecule has 11 aromatic carbocycles. The molecule has 0 amide bonds. The van der Waals surface area contributed by atoms with E-state index in [1.54, 1.807) is 0 Å². The van der Waals surface area contributed by atoms with Crippen molar-refractivity contribution in [2.24, 2.45) is 0 Å². The molecule has 0 N–H and O–H groups in total. The summed E-state index contributed by atoms with van der Waals surface area (Å²) in [4.78, 5) is 10.0. The first-order chi connectivity index (χ1) is 32.7. The molecule has 14 rings (SSSR count). The molecule has 0 spiro atoms. The number of benzene rings is 11. The van der Waals surface area contributed by atoms with Gasteiger partial charge in [0.25, 0.3) is 0 Å². The zero-order chi connectivity index (χ0) is 43.3. The molecule has 0 saturated heterocycles. The number of hydrogen-bond donors (Lipinski definition) is 0. The predicted octanol–water partition coefficient (Wildman–Crippen LogP) is 17.4. The van der Waals surface area contributed by atoms with Gasteiger partial charge in [-0.2, -0.15) is 0 Å². The van der Waals surface area contributed by atoms with Crippen molar-refractivity contribution in [2.75, 3.05) is 0 Å². The molecule has 0 fully saturated rings. The van der Waals surface area contributed by atoms with Gasteiger partial charge in [0.1, 0.15) is 0 Å². The van der Waals surface area contributed by atoms with Crippen molar-refractivity contribution in [2.45, 2.75) is 0 Å². The Morgan fingerprint density at radius 1 is 0.197 bits per heavy atom. The molecule has 304 valence electrons. The molecular weight excluding hydrogens is 797 g/mol. The van der Waals surface area contributed by atoms with Crippen LogP contribution in [0.25, 0.3) is 143 Å². The van der Waals surface area contributed by atoms with Crippen LogP contribution in [0.2, 0.25) is 0 Å². The number of pyridine rings is 2. The highest BCUT2D eigenvalue weighted by Gasteiger charge is 2.25. The van der Waals surface area contributed by atoms with Gasteiger partial charge in [0.05, 0.1) is 11.0 Å². The van der Waals surface area contributed by atoms with Crippen LogP contribution >= 0.6 is 0 Å². The molecule has 2 heteroatoms. The maximum Gasteiger partial charge on any atom is 0.0786 e. The van der Waals surface area contributed by atoms with Crippen molar-refractivity contribution >= 4 is 64.9 Å². The summed E-state index contributed by atoms with van der Waals surface area (Å²) in [6.45, 7) is 0. The third-order valence-electron chi connectivity index (χ3n) is 14.1. The molecule has 0 atom stereocenters. The summed E-state index contributed by atoms with van der Waals surface area (Å²) in [7, 11) is 0. The van der Waals surface area contributed by atoms with Gasteiger partial charge >= 0.3 is 0 Å². The first kappa shape index (κ1) is 36.7. The average molecular weight is 835 g/mol. The second-order valence-electron chi connectivity index (χ2n) is 17.6. The van der Waals surface area contributed by atoms with Gasteiger partial charge in [0, 0.05) is 33.9 Å². The molecule has 66 heavy (non-hydrogen) atoms. The lowest BCUT2D eigenvalue weighted by Gasteiger charge is -2.25. The number of nitrogens with zero attached hydrogens (tertiary/aromatic N) is 2. The van der Waals surface area contributed by atoms with Crippen molar-refractivity contribution in [1.82, 2.24) is 9.97 Å². The highest BCUT2D eigenvalue weighted by atomic mass is 14.7. The van der Waals surface area contributed by atoms with E-state index in [1.165, 1.54) is 93.2 Å². The highest BCUT2D eigenvalue weighted by Crippen LogP contribution is 2.51. The Hall–Kier alpha value is -8.72. The minimum absolute atomic E-state index is 1.02. The number of hydrogen-bond acceptors (Lipinski definition) is 2. The lowest BCUT2D eigenvalue weighted by molar-refractivity contribution is 1.43. The topological polar surface area (TPSA) is 25.8 Å². The van der Waals surface area contributed by atoms with E-state index in [-0.39, 0.29) is 0 Å². The molecule has 0 unspecified atom stereocenters. The van der Waals surface area contributed by atoms with Crippen LogP contribution in [0.4, 0.5) is 0 Å². The summed E-state index contributed by atoms with van der Waals surface area (Å²) in [6, 6.07) is 80.7. The third-order valence-corrected chi connectivity index (χ3v) is 14.1. The fourth-order valence-electron chi connectivity index (χ4n) is 11.2. The lowest BCUT2D eigenvalue weighted by Crippen LogP contribution is -1.99. The molecule has 2 nitrogen and oxygen atoms in total. The van der Waals surface area contributed by atoms with Gasteiger partial charge in [-0.3, -0.25) is 9.97 Å². The van der Waals surface area contributed by atoms with Crippen LogP contribution in [0, 0.1) is 0 Å². The molecule has 0 radical (unpaired) electrons. The Morgan fingerprint density at radius 2 is 0.545 bits per heavy atom. The third kappa shape index (κ3) is 5.49. The SMILES string of the molecule is c1ccc2c(c1)-c1ccccc1-c1cccc(-c3cc(-c4ccc5c6ccccc6c6cccnc6c5c4)cc(-c4ccc5c6ccccc6c6cccnc6c5c4)c3)c1-c1ccccc1-2. The van der Waals surface area contributed by atoms with Crippen LogP contribution in [0.1, 0.15) is 0 Å². The zero-order valence-corrected chi connectivity index (χ0v) is 35.8. The van der Waals surface area contributed by atoms with Crippen molar-refractivity contribution < 1.29 is 0 Å². The van der Waals surface area contributed by atoms with Crippen molar-refractivity contribution in [3.05, 3.63) is 231 Å². The van der Waals surface area contributed by atoms with Gasteiger partial charge in [0.2, 0.25) is 0 Å². The number of rotatable bonds is 3. The summed E-state index contributed by atoms with van der Waals surface area (Å²) in [5.41, 5.74) is 18.8. The van der Waals surface area contributed by atoms with Gasteiger partial charge in [-0.1, -0.05) is 176 Å². The molecule has 0 bridgehead atoms. The summed E-state index contributed by atoms with van der Waals surface area (Å²) in [5, 5.41) is 12.0. The normalized spacial score (nSPS) is 11.9. The second kappa shape index (κ2) is 14.4. The van der Waals surface area contributed by atoms with E-state index in [0.29, 0.717) is 0 Å². The van der Waals surface area contributed by atoms with Gasteiger partial charge in [-0.15, -0.1) is 0 Å². The quantitative estimate of drug-likeness (QED) is 0.166. The first-order valence-corrected chi connectivity index (χ1v) is 22.7. The summed E-state index contributed by atoms with van der Waals surface area (Å²) in [5.74, 6) is 0. The molecule has 2 aromatic heterocycles. The fourth-order valence-corrected chi connectivity index (χ4v) is 11.2. The standard InChI is InChI=1S/C64H38N2/c1-2-15-46-45(14-1)47-16-3-6-19-51(47)57-25-11-24-44(62(57)56-23-10-9-20-50(46)56)43-35-41(39-28-30-54-48-17-4-7-21-52(48)58-26-12-32-65-63(58)60(54)37-39)34-42(36-43)40-29-31-55-49-18-5-8-22-53(49)59-27-13-33-66-64(59)61(55)38-40/h1-38H. The van der Waals surface area contributed by atoms with Crippen molar-refractivity contribution in [3.63, 3.8) is 0 Å². The molecule has 1 aliphatic carbocycles. The number of fused-ring (bicyclic) bond motifs is 20. The summed E-state index contributed by atoms with van der Waals surface area (Å²) >= 11 is 0. The lowest BCUT2D eigenvalue weighted by atomic mass is 9.78. The molecule has 1 aliphatic rings. The van der Waals surface area contributed by atoms with Crippen molar-refractivity contribution in [1.29, 1.82) is 0 Å². The maximum atomic E-state index is 5.01. The van der Waals surface area contributed by atoms with E-state index >= 15 is 0 Å². The molecule has 13 aromatic rings. The first-order valence-electron chi connectivity index (χ1n) is 22.7. The summed E-state index contributed by atoms with van der Waals surface area (Å²) in [6.07, 6.45) is 3.84. The zero-order valence-electron chi connectivity index (χ0n) is 35.8. The van der Waals surface area contributed by atoms with E-state index in [2.05, 4.69) is 206 Å². The minimum Gasteiger partial charge on any atom is -0.256 e. The van der Waals surface area contributed by atoms with E-state index < -0.39 is 0 Å². The van der Waals surface area contributed by atoms with Crippen LogP contribution < -0.4 is 0 Å². The van der Waals surface area contributed by atoms with Gasteiger partial charge < -0.3 is 0 Å². The van der Waals surface area contributed by atoms with Gasteiger partial charge in [-0.25, -0.2) is 0 Å². The van der Waals surface area contributed by atoms with Crippen LogP contribution in [0.3, 0.4) is 0 Å². The average Bonchev–Trinajstić information content (AvgIpc) is 3.40. The largest absolute Gasteiger partial charge is 0.256 e. The van der Waals surface area contributed by atoms with Crippen LogP contribution in [0.15, 0.2) is 231 Å². The number of aromatic nitrogens is 2. The Balaban J connectivity index is 1.07. The molecule has 0 aliphatic heterocycles. The van der Waals surface area contributed by atoms with E-state index in [1.807, 2.05) is 24.5 Å². The van der Waals surface area contributed by atoms with Gasteiger partial charge in [-0.05, 0) is 153 Å². The molecular formula is C64H38N2. The van der Waals surface area contributed by atoms with E-state index in [9.17, 15) is 0 Å². The molecule has 2 heterocycles. The Kier molecular flexibility index (Phi) is 8.02. The van der Waals surface area contributed by atoms with E-state index in [0.717, 1.165) is 49.6 Å². The second-order valence-corrected chi connectivity index (χ2v) is 17.6. The van der Waals surface area contributed by atoms with Crippen LogP contribution in [-0.2, 0) is 0 Å². The monoisotopic (exact) mass is 834 g/mol.